The van der Waals surface area contributed by atoms with E-state index in [2.05, 4.69) is 42.9 Å². The largest absolute Gasteiger partial charge is 0.351 e. The predicted octanol–water partition coefficient (Wildman–Crippen LogP) is 3.57. The van der Waals surface area contributed by atoms with Crippen LogP contribution in [0.5, 0.6) is 0 Å². The summed E-state index contributed by atoms with van der Waals surface area (Å²) in [6, 6.07) is 11.4. The maximum Gasteiger partial charge on any atom is 0.214 e. The van der Waals surface area contributed by atoms with Crippen LogP contribution >= 0.6 is 0 Å². The molecule has 0 aliphatic carbocycles. The molecule has 2 atom stereocenters. The molecule has 2 aromatic rings. The van der Waals surface area contributed by atoms with Crippen molar-refractivity contribution >= 4 is 18.5 Å². The number of amides is 2. The first kappa shape index (κ1) is 29.4. The van der Waals surface area contributed by atoms with Crippen LogP contribution < -0.4 is 10.2 Å². The highest BCUT2D eigenvalue weighted by atomic mass is 19.1. The fraction of sp³-hybridized carbons (Fsp3) is 0.536. The molecule has 1 aromatic heterocycles. The van der Waals surface area contributed by atoms with Gasteiger partial charge in [-0.05, 0) is 32.0 Å². The number of halogens is 1. The number of aromatic nitrogens is 1. The van der Waals surface area contributed by atoms with E-state index in [9.17, 15) is 9.59 Å². The summed E-state index contributed by atoms with van der Waals surface area (Å²) in [5, 5.41) is 3.40. The molecule has 36 heavy (non-hydrogen) atoms. The molecule has 0 spiro atoms. The normalized spacial score (nSPS) is 20.0. The fourth-order valence-electron chi connectivity index (χ4n) is 4.35. The number of benzene rings is 1. The molecule has 3 heterocycles. The van der Waals surface area contributed by atoms with Gasteiger partial charge < -0.3 is 20.0 Å². The third-order valence-corrected chi connectivity index (χ3v) is 6.52. The Bertz CT molecular complexity index is 981. The maximum absolute atomic E-state index is 15.3. The lowest BCUT2D eigenvalue weighted by atomic mass is 9.87. The van der Waals surface area contributed by atoms with Crippen LogP contribution in [-0.4, -0.2) is 80.5 Å². The van der Waals surface area contributed by atoms with E-state index in [0.717, 1.165) is 30.6 Å². The average Bonchev–Trinajstić information content (AvgIpc) is 3.14. The van der Waals surface area contributed by atoms with Gasteiger partial charge >= 0.3 is 0 Å². The first-order valence-electron chi connectivity index (χ1n) is 12.5. The Balaban J connectivity index is 0.000000268. The van der Waals surface area contributed by atoms with Crippen molar-refractivity contribution in [3.8, 4) is 0 Å². The number of pyridine rings is 1. The lowest BCUT2D eigenvalue weighted by molar-refractivity contribution is -0.116. The van der Waals surface area contributed by atoms with Crippen LogP contribution in [-0.2, 0) is 20.7 Å². The molecule has 2 unspecified atom stereocenters. The SMILES string of the molecule is CC1(C)CN(C=O)c2cc(C(C)(F)c3ccccc3)ncc21.CCN1CCNC(C)C1.CN(C)C=O. The zero-order valence-electron chi connectivity index (χ0n) is 22.8. The second kappa shape index (κ2) is 12.9. The van der Waals surface area contributed by atoms with Crippen molar-refractivity contribution in [2.75, 3.05) is 51.7 Å². The van der Waals surface area contributed by atoms with Gasteiger partial charge in [0, 0.05) is 63.5 Å². The monoisotopic (exact) mass is 499 g/mol. The van der Waals surface area contributed by atoms with E-state index < -0.39 is 5.67 Å². The number of fused-ring (bicyclic) bond motifs is 1. The number of likely N-dealkylation sites (N-methyl/N-ethyl adjacent to an activating group) is 1. The molecule has 0 bridgehead atoms. The minimum absolute atomic E-state index is 0.165. The van der Waals surface area contributed by atoms with Crippen LogP contribution in [0.3, 0.4) is 0 Å². The molecule has 1 N–H and O–H groups in total. The van der Waals surface area contributed by atoms with Gasteiger partial charge in [0.05, 0.1) is 11.4 Å². The number of hydrogen-bond acceptors (Lipinski definition) is 5. The summed E-state index contributed by atoms with van der Waals surface area (Å²) in [5.74, 6) is 0. The van der Waals surface area contributed by atoms with Gasteiger partial charge in [0.15, 0.2) is 5.67 Å². The Morgan fingerprint density at radius 1 is 1.25 bits per heavy atom. The zero-order chi connectivity index (χ0) is 26.9. The van der Waals surface area contributed by atoms with E-state index >= 15 is 4.39 Å². The van der Waals surface area contributed by atoms with Crippen LogP contribution in [0.1, 0.15) is 51.4 Å². The molecule has 7 nitrogen and oxygen atoms in total. The lowest BCUT2D eigenvalue weighted by Crippen LogP contribution is -2.48. The number of anilines is 1. The molecule has 2 aliphatic heterocycles. The van der Waals surface area contributed by atoms with Gasteiger partial charge in [0.25, 0.3) is 0 Å². The van der Waals surface area contributed by atoms with Gasteiger partial charge in [-0.2, -0.15) is 0 Å². The van der Waals surface area contributed by atoms with Crippen molar-refractivity contribution in [1.82, 2.24) is 20.1 Å². The Hall–Kier alpha value is -2.84. The summed E-state index contributed by atoms with van der Waals surface area (Å²) in [5.41, 5.74) is 0.745. The highest BCUT2D eigenvalue weighted by molar-refractivity contribution is 5.81. The van der Waals surface area contributed by atoms with Crippen LogP contribution in [0, 0.1) is 0 Å². The molecule has 2 amide bonds. The Morgan fingerprint density at radius 3 is 2.39 bits per heavy atom. The van der Waals surface area contributed by atoms with E-state index in [1.807, 2.05) is 6.07 Å². The van der Waals surface area contributed by atoms with Gasteiger partial charge in [-0.25, -0.2) is 4.39 Å². The minimum Gasteiger partial charge on any atom is -0.351 e. The molecular formula is C28H42FN5O2. The second-order valence-corrected chi connectivity index (χ2v) is 10.4. The molecule has 1 aromatic carbocycles. The van der Waals surface area contributed by atoms with Gasteiger partial charge in [0.1, 0.15) is 0 Å². The molecule has 0 saturated carbocycles. The third kappa shape index (κ3) is 7.58. The molecule has 0 radical (unpaired) electrons. The molecule has 198 valence electrons. The van der Waals surface area contributed by atoms with Crippen molar-refractivity contribution < 1.29 is 14.0 Å². The molecule has 4 rings (SSSR count). The quantitative estimate of drug-likeness (QED) is 0.637. The smallest absolute Gasteiger partial charge is 0.214 e. The highest BCUT2D eigenvalue weighted by Gasteiger charge is 2.38. The van der Waals surface area contributed by atoms with Crippen molar-refractivity contribution in [3.63, 3.8) is 0 Å². The van der Waals surface area contributed by atoms with Gasteiger partial charge in [-0.1, -0.05) is 51.1 Å². The number of hydrogen-bond donors (Lipinski definition) is 1. The van der Waals surface area contributed by atoms with Gasteiger partial charge in [-0.3, -0.25) is 14.6 Å². The molecule has 8 heteroatoms. The topological polar surface area (TPSA) is 68.8 Å². The molecule has 1 saturated heterocycles. The first-order valence-corrected chi connectivity index (χ1v) is 12.5. The molecule has 1 fully saturated rings. The summed E-state index contributed by atoms with van der Waals surface area (Å²) < 4.78 is 15.3. The predicted molar refractivity (Wildman–Crippen MR) is 144 cm³/mol. The Morgan fingerprint density at radius 2 is 1.89 bits per heavy atom. The van der Waals surface area contributed by atoms with Gasteiger partial charge in [-0.15, -0.1) is 0 Å². The fourth-order valence-corrected chi connectivity index (χ4v) is 4.35. The molecule has 2 aliphatic rings. The van der Waals surface area contributed by atoms with E-state index in [1.54, 1.807) is 55.5 Å². The summed E-state index contributed by atoms with van der Waals surface area (Å²) in [6.07, 6.45) is 3.25. The zero-order valence-corrected chi connectivity index (χ0v) is 22.8. The summed E-state index contributed by atoms with van der Waals surface area (Å²) >= 11 is 0. The van der Waals surface area contributed by atoms with E-state index in [-0.39, 0.29) is 5.41 Å². The maximum atomic E-state index is 15.3. The van der Waals surface area contributed by atoms with Crippen molar-refractivity contribution in [2.45, 2.75) is 51.7 Å². The minimum atomic E-state index is -1.70. The highest BCUT2D eigenvalue weighted by Crippen LogP contribution is 2.42. The van der Waals surface area contributed by atoms with E-state index in [0.29, 0.717) is 23.8 Å². The average molecular weight is 500 g/mol. The summed E-state index contributed by atoms with van der Waals surface area (Å²) in [4.78, 5) is 30.6. The summed E-state index contributed by atoms with van der Waals surface area (Å²) in [6.45, 7) is 15.5. The Labute approximate surface area is 215 Å². The molecular weight excluding hydrogens is 457 g/mol. The first-order chi connectivity index (χ1) is 17.0. The van der Waals surface area contributed by atoms with Crippen molar-refractivity contribution in [3.05, 3.63) is 59.4 Å². The number of nitrogens with zero attached hydrogens (tertiary/aromatic N) is 4. The van der Waals surface area contributed by atoms with Crippen LogP contribution in [0.25, 0.3) is 0 Å². The second-order valence-electron chi connectivity index (χ2n) is 10.4. The number of carbonyl (C=O) groups excluding carboxylic acids is 2. The number of carbonyl (C=O) groups is 2. The lowest BCUT2D eigenvalue weighted by Gasteiger charge is -2.30. The number of rotatable bonds is 5. The third-order valence-electron chi connectivity index (χ3n) is 6.52. The summed E-state index contributed by atoms with van der Waals surface area (Å²) in [7, 11) is 3.38. The van der Waals surface area contributed by atoms with E-state index in [4.69, 9.17) is 0 Å². The van der Waals surface area contributed by atoms with Gasteiger partial charge in [0.2, 0.25) is 12.8 Å². The number of nitrogens with one attached hydrogen (secondary N) is 1. The standard InChI is InChI=1S/C18H19FN2O.C7H16N2.C3H7NO/c1-17(2)11-21(12-22)15-9-16(20-10-14(15)17)18(3,19)13-7-5-4-6-8-13;1-3-9-5-4-8-7(2)6-9;1-4(2)3-5/h4-10,12H,11H2,1-3H3;7-8H,3-6H2,1-2H3;3H,1-2H3. The number of alkyl halides is 1. The van der Waals surface area contributed by atoms with Crippen LogP contribution in [0.2, 0.25) is 0 Å². The van der Waals surface area contributed by atoms with E-state index in [1.165, 1.54) is 31.5 Å². The number of piperazine rings is 1. The van der Waals surface area contributed by atoms with Crippen molar-refractivity contribution in [2.24, 2.45) is 0 Å². The van der Waals surface area contributed by atoms with Crippen LogP contribution in [0.15, 0.2) is 42.6 Å². The Kier molecular flexibility index (Phi) is 10.5. The van der Waals surface area contributed by atoms with Crippen molar-refractivity contribution in [1.29, 1.82) is 0 Å². The van der Waals surface area contributed by atoms with Crippen LogP contribution in [0.4, 0.5) is 10.1 Å².